The fraction of sp³-hybridized carbons (Fsp3) is 0.190. The van der Waals surface area contributed by atoms with Crippen LogP contribution in [0.25, 0.3) is 11.4 Å². The summed E-state index contributed by atoms with van der Waals surface area (Å²) in [5.41, 5.74) is 1.99. The number of hydrogen-bond donors (Lipinski definition) is 4. The topological polar surface area (TPSA) is 138 Å². The summed E-state index contributed by atoms with van der Waals surface area (Å²) >= 11 is 0. The molecule has 158 valence electrons. The zero-order chi connectivity index (χ0) is 21.8. The molecule has 1 aromatic heterocycles. The number of nitrogens with one attached hydrogen (secondary N) is 4. The molecule has 1 aliphatic rings. The predicted molar refractivity (Wildman–Crippen MR) is 112 cm³/mol. The Kier molecular flexibility index (Phi) is 5.72. The van der Waals surface area contributed by atoms with Crippen LogP contribution in [0.1, 0.15) is 22.6 Å². The molecule has 3 aromatic rings. The Morgan fingerprint density at radius 3 is 2.84 bits per heavy atom. The van der Waals surface area contributed by atoms with Crippen LogP contribution in [0.5, 0.6) is 0 Å². The number of para-hydroxylation sites is 1. The minimum Gasteiger partial charge on any atom is -0.377 e. The van der Waals surface area contributed by atoms with Crippen LogP contribution in [0.15, 0.2) is 48.5 Å². The highest BCUT2D eigenvalue weighted by molar-refractivity contribution is 6.11. The van der Waals surface area contributed by atoms with Crippen LogP contribution in [-0.4, -0.2) is 46.1 Å². The van der Waals surface area contributed by atoms with Crippen LogP contribution in [-0.2, 0) is 20.9 Å². The van der Waals surface area contributed by atoms with Gasteiger partial charge >= 0.3 is 0 Å². The second-order valence-electron chi connectivity index (χ2n) is 6.93. The Labute approximate surface area is 177 Å². The van der Waals surface area contributed by atoms with Gasteiger partial charge in [0.05, 0.1) is 17.7 Å². The van der Waals surface area contributed by atoms with Gasteiger partial charge in [-0.3, -0.25) is 19.5 Å². The van der Waals surface area contributed by atoms with E-state index in [1.165, 1.54) is 0 Å². The molecular weight excluding hydrogens is 400 g/mol. The first kappa shape index (κ1) is 20.2. The number of amides is 3. The number of benzene rings is 2. The van der Waals surface area contributed by atoms with Crippen LogP contribution in [0.2, 0.25) is 0 Å². The summed E-state index contributed by atoms with van der Waals surface area (Å²) < 4.78 is 5.02. The molecule has 3 amide bonds. The molecule has 0 saturated carbocycles. The van der Waals surface area contributed by atoms with E-state index in [1.54, 1.807) is 49.6 Å². The monoisotopic (exact) mass is 420 g/mol. The minimum atomic E-state index is -0.993. The maximum atomic E-state index is 12.6. The maximum absolute atomic E-state index is 12.6. The quantitative estimate of drug-likeness (QED) is 0.479. The van der Waals surface area contributed by atoms with Gasteiger partial charge in [0.1, 0.15) is 12.6 Å². The molecular formula is C21H20N6O4. The van der Waals surface area contributed by atoms with Crippen LogP contribution in [0.3, 0.4) is 0 Å². The van der Waals surface area contributed by atoms with Crippen molar-refractivity contribution in [3.8, 4) is 11.4 Å². The fourth-order valence-electron chi connectivity index (χ4n) is 3.21. The molecule has 0 aliphatic carbocycles. The fourth-order valence-corrected chi connectivity index (χ4v) is 3.21. The van der Waals surface area contributed by atoms with Gasteiger partial charge in [0.25, 0.3) is 5.91 Å². The van der Waals surface area contributed by atoms with E-state index < -0.39 is 23.8 Å². The van der Waals surface area contributed by atoms with Gasteiger partial charge in [-0.1, -0.05) is 24.3 Å². The normalized spacial score (nSPS) is 15.5. The zero-order valence-corrected chi connectivity index (χ0v) is 16.6. The Hall–Kier alpha value is -4.05. The summed E-state index contributed by atoms with van der Waals surface area (Å²) in [5, 5.41) is 15.0. The number of nitrogens with zero attached hydrogens (tertiary/aromatic N) is 2. The molecule has 2 aromatic carbocycles. The number of aromatic amines is 1. The summed E-state index contributed by atoms with van der Waals surface area (Å²) in [7, 11) is 1.56. The summed E-state index contributed by atoms with van der Waals surface area (Å²) in [6.45, 7) is 0.308. The number of ether oxygens (including phenoxy) is 1. The third-order valence-electron chi connectivity index (χ3n) is 4.66. The number of aromatic nitrogens is 3. The Morgan fingerprint density at radius 1 is 1.16 bits per heavy atom. The van der Waals surface area contributed by atoms with Crippen molar-refractivity contribution in [3.05, 3.63) is 59.9 Å². The van der Waals surface area contributed by atoms with Gasteiger partial charge < -0.3 is 20.7 Å². The van der Waals surface area contributed by atoms with Gasteiger partial charge in [-0.25, -0.2) is 4.98 Å². The molecule has 1 atom stereocenters. The first-order valence-electron chi connectivity index (χ1n) is 9.55. The van der Waals surface area contributed by atoms with Crippen LogP contribution in [0, 0.1) is 0 Å². The highest BCUT2D eigenvalue weighted by atomic mass is 16.5. The van der Waals surface area contributed by atoms with Crippen molar-refractivity contribution in [2.45, 2.75) is 19.1 Å². The Morgan fingerprint density at radius 2 is 2.00 bits per heavy atom. The first-order valence-corrected chi connectivity index (χ1v) is 9.55. The van der Waals surface area contributed by atoms with Crippen molar-refractivity contribution in [3.63, 3.8) is 0 Å². The van der Waals surface area contributed by atoms with Crippen LogP contribution in [0.4, 0.5) is 11.4 Å². The SMILES string of the molecule is COCc1nc(-c2cccc(NC(=O)CC3NC(=O)c4ccccc4NC3=O)c2)n[nH]1. The molecule has 4 rings (SSSR count). The van der Waals surface area contributed by atoms with E-state index in [-0.39, 0.29) is 6.42 Å². The van der Waals surface area contributed by atoms with Crippen molar-refractivity contribution in [2.75, 3.05) is 17.7 Å². The Balaban J connectivity index is 1.43. The van der Waals surface area contributed by atoms with Crippen molar-refractivity contribution in [1.82, 2.24) is 20.5 Å². The molecule has 10 heteroatoms. The highest BCUT2D eigenvalue weighted by Gasteiger charge is 2.29. The maximum Gasteiger partial charge on any atom is 0.254 e. The molecule has 0 saturated heterocycles. The first-order chi connectivity index (χ1) is 15.0. The van der Waals surface area contributed by atoms with E-state index in [9.17, 15) is 14.4 Å². The molecule has 0 spiro atoms. The largest absolute Gasteiger partial charge is 0.377 e. The summed E-state index contributed by atoms with van der Waals surface area (Å²) in [5.74, 6) is -0.225. The van der Waals surface area contributed by atoms with Gasteiger partial charge in [-0.2, -0.15) is 5.10 Å². The van der Waals surface area contributed by atoms with E-state index >= 15 is 0 Å². The van der Waals surface area contributed by atoms with E-state index in [0.29, 0.717) is 40.8 Å². The Bertz CT molecular complexity index is 1140. The summed E-state index contributed by atoms with van der Waals surface area (Å²) in [6.07, 6.45) is -0.214. The summed E-state index contributed by atoms with van der Waals surface area (Å²) in [6, 6.07) is 12.7. The predicted octanol–water partition coefficient (Wildman–Crippen LogP) is 1.70. The lowest BCUT2D eigenvalue weighted by Crippen LogP contribution is -2.43. The third-order valence-corrected chi connectivity index (χ3v) is 4.66. The van der Waals surface area contributed by atoms with Gasteiger partial charge in [0, 0.05) is 18.4 Å². The zero-order valence-electron chi connectivity index (χ0n) is 16.6. The van der Waals surface area contributed by atoms with Gasteiger partial charge in [0.15, 0.2) is 11.6 Å². The van der Waals surface area contributed by atoms with Crippen LogP contribution < -0.4 is 16.0 Å². The van der Waals surface area contributed by atoms with Gasteiger partial charge in [-0.15, -0.1) is 0 Å². The lowest BCUT2D eigenvalue weighted by molar-refractivity contribution is -0.122. The lowest BCUT2D eigenvalue weighted by Gasteiger charge is -2.14. The standard InChI is InChI=1S/C21H20N6O4/c1-31-11-17-25-19(27-26-17)12-5-4-6-13(9-12)22-18(28)10-16-21(30)23-15-8-3-2-7-14(15)20(29)24-16/h2-9,16H,10-11H2,1H3,(H,22,28)(H,23,30)(H,24,29)(H,25,26,27). The van der Waals surface area contributed by atoms with Crippen molar-refractivity contribution in [1.29, 1.82) is 0 Å². The second-order valence-corrected chi connectivity index (χ2v) is 6.93. The number of methoxy groups -OCH3 is 1. The molecule has 1 aliphatic heterocycles. The number of anilines is 2. The number of H-pyrrole nitrogens is 1. The molecule has 1 unspecified atom stereocenters. The minimum absolute atomic E-state index is 0.214. The third kappa shape index (κ3) is 4.59. The van der Waals surface area contributed by atoms with E-state index in [0.717, 1.165) is 0 Å². The molecule has 0 radical (unpaired) electrons. The molecule has 4 N–H and O–H groups in total. The summed E-state index contributed by atoms with van der Waals surface area (Å²) in [4.78, 5) is 41.7. The second kappa shape index (κ2) is 8.76. The van der Waals surface area contributed by atoms with Gasteiger partial charge in [-0.05, 0) is 24.3 Å². The van der Waals surface area contributed by atoms with Crippen molar-refractivity contribution < 1.29 is 19.1 Å². The number of carbonyl (C=O) groups is 3. The molecule has 0 bridgehead atoms. The average molecular weight is 420 g/mol. The van der Waals surface area contributed by atoms with E-state index in [1.807, 2.05) is 6.07 Å². The molecule has 10 nitrogen and oxygen atoms in total. The van der Waals surface area contributed by atoms with E-state index in [4.69, 9.17) is 4.74 Å². The smallest absolute Gasteiger partial charge is 0.254 e. The van der Waals surface area contributed by atoms with Crippen molar-refractivity contribution in [2.24, 2.45) is 0 Å². The molecule has 31 heavy (non-hydrogen) atoms. The van der Waals surface area contributed by atoms with Crippen molar-refractivity contribution >= 4 is 29.1 Å². The molecule has 2 heterocycles. The molecule has 0 fully saturated rings. The van der Waals surface area contributed by atoms with Crippen LogP contribution >= 0.6 is 0 Å². The lowest BCUT2D eigenvalue weighted by atomic mass is 10.1. The van der Waals surface area contributed by atoms with E-state index in [2.05, 4.69) is 31.1 Å². The number of hydrogen-bond acceptors (Lipinski definition) is 6. The number of carbonyl (C=O) groups excluding carboxylic acids is 3. The number of rotatable bonds is 6. The van der Waals surface area contributed by atoms with Gasteiger partial charge in [0.2, 0.25) is 11.8 Å². The highest BCUT2D eigenvalue weighted by Crippen LogP contribution is 2.21. The average Bonchev–Trinajstić information content (AvgIpc) is 3.18. The number of fused-ring (bicyclic) bond motifs is 1.